The Balaban J connectivity index is 1.79. The van der Waals surface area contributed by atoms with Gasteiger partial charge in [-0.15, -0.1) is 0 Å². The first-order chi connectivity index (χ1) is 17.2. The van der Waals surface area contributed by atoms with Crippen LogP contribution in [0.4, 0.5) is 11.4 Å². The third kappa shape index (κ3) is 6.46. The standard InChI is InChI=1S/C25H18BrN3O7/c1-35-22-11-16(9-18(13-27)24(30)28-19-3-2-4-20(12-19)29(33)34)10-21(26)23(22)36-14-15-5-7-17(8-6-15)25(31)32/h2-12H,14H2,1H3,(H,28,30)(H,31,32)/b18-9+. The first-order valence-corrected chi connectivity index (χ1v) is 11.0. The Bertz CT molecular complexity index is 1400. The second-order valence-electron chi connectivity index (χ2n) is 7.26. The summed E-state index contributed by atoms with van der Waals surface area (Å²) in [5.74, 6) is -1.06. The van der Waals surface area contributed by atoms with Gasteiger partial charge in [0, 0.05) is 17.8 Å². The van der Waals surface area contributed by atoms with Gasteiger partial charge in [0.2, 0.25) is 0 Å². The fourth-order valence-corrected chi connectivity index (χ4v) is 3.65. The number of carboxylic acids is 1. The molecule has 10 nitrogen and oxygen atoms in total. The Morgan fingerprint density at radius 3 is 2.53 bits per heavy atom. The quantitative estimate of drug-likeness (QED) is 0.159. The summed E-state index contributed by atoms with van der Waals surface area (Å²) in [4.78, 5) is 33.9. The molecule has 11 heteroatoms. The molecule has 0 unspecified atom stereocenters. The molecule has 3 rings (SSSR count). The maximum atomic E-state index is 12.6. The summed E-state index contributed by atoms with van der Waals surface area (Å²) in [5.41, 5.74) is 1.11. The van der Waals surface area contributed by atoms with Gasteiger partial charge in [-0.25, -0.2) is 4.79 Å². The molecular formula is C25H18BrN3O7. The van der Waals surface area contributed by atoms with Gasteiger partial charge in [0.15, 0.2) is 11.5 Å². The van der Waals surface area contributed by atoms with Gasteiger partial charge in [-0.2, -0.15) is 5.26 Å². The number of ether oxygens (including phenoxy) is 2. The SMILES string of the molecule is COc1cc(/C=C(\C#N)C(=O)Nc2cccc([N+](=O)[O-])c2)cc(Br)c1OCc1ccc(C(=O)O)cc1. The number of carbonyl (C=O) groups excluding carboxylic acids is 1. The molecular weight excluding hydrogens is 534 g/mol. The lowest BCUT2D eigenvalue weighted by Crippen LogP contribution is -2.13. The Hall–Kier alpha value is -4.69. The van der Waals surface area contributed by atoms with E-state index in [1.54, 1.807) is 24.3 Å². The smallest absolute Gasteiger partial charge is 0.335 e. The van der Waals surface area contributed by atoms with Crippen LogP contribution >= 0.6 is 15.9 Å². The van der Waals surface area contributed by atoms with E-state index < -0.39 is 16.8 Å². The van der Waals surface area contributed by atoms with Crippen molar-refractivity contribution in [1.82, 2.24) is 0 Å². The van der Waals surface area contributed by atoms with Crippen LogP contribution in [0.3, 0.4) is 0 Å². The predicted molar refractivity (Wildman–Crippen MR) is 134 cm³/mol. The van der Waals surface area contributed by atoms with Crippen LogP contribution in [0.2, 0.25) is 0 Å². The highest BCUT2D eigenvalue weighted by Crippen LogP contribution is 2.38. The van der Waals surface area contributed by atoms with E-state index in [1.165, 1.54) is 49.6 Å². The zero-order valence-corrected chi connectivity index (χ0v) is 20.3. The van der Waals surface area contributed by atoms with Crippen molar-refractivity contribution in [3.05, 3.63) is 97.5 Å². The molecule has 0 heterocycles. The first kappa shape index (κ1) is 25.9. The van der Waals surface area contributed by atoms with Crippen LogP contribution in [-0.2, 0) is 11.4 Å². The summed E-state index contributed by atoms with van der Waals surface area (Å²) in [5, 5.41) is 31.9. The molecule has 36 heavy (non-hydrogen) atoms. The van der Waals surface area contributed by atoms with Crippen molar-refractivity contribution in [3.63, 3.8) is 0 Å². The van der Waals surface area contributed by atoms with Crippen molar-refractivity contribution in [2.45, 2.75) is 6.61 Å². The van der Waals surface area contributed by atoms with Crippen molar-refractivity contribution >= 4 is 45.3 Å². The zero-order valence-electron chi connectivity index (χ0n) is 18.7. The third-order valence-electron chi connectivity index (χ3n) is 4.83. The molecule has 0 saturated carbocycles. The lowest BCUT2D eigenvalue weighted by atomic mass is 10.1. The topological polar surface area (TPSA) is 152 Å². The van der Waals surface area contributed by atoms with Gasteiger partial charge in [-0.3, -0.25) is 14.9 Å². The molecule has 0 spiro atoms. The maximum absolute atomic E-state index is 12.6. The van der Waals surface area contributed by atoms with Crippen molar-refractivity contribution < 1.29 is 29.1 Å². The minimum atomic E-state index is -1.02. The van der Waals surface area contributed by atoms with Crippen LogP contribution in [0.15, 0.2) is 70.7 Å². The number of nitrogens with one attached hydrogen (secondary N) is 1. The molecule has 0 aliphatic heterocycles. The van der Waals surface area contributed by atoms with Crippen molar-refractivity contribution in [2.75, 3.05) is 12.4 Å². The van der Waals surface area contributed by atoms with Crippen molar-refractivity contribution in [3.8, 4) is 17.6 Å². The Labute approximate surface area is 213 Å². The number of amides is 1. The monoisotopic (exact) mass is 551 g/mol. The molecule has 0 fully saturated rings. The molecule has 0 aliphatic rings. The van der Waals surface area contributed by atoms with E-state index in [9.17, 15) is 25.0 Å². The largest absolute Gasteiger partial charge is 0.493 e. The molecule has 0 atom stereocenters. The zero-order chi connectivity index (χ0) is 26.2. The summed E-state index contributed by atoms with van der Waals surface area (Å²) < 4.78 is 11.7. The Kier molecular flexibility index (Phi) is 8.38. The number of nitrogens with zero attached hydrogens (tertiary/aromatic N) is 2. The molecule has 0 bridgehead atoms. The molecule has 0 aromatic heterocycles. The number of anilines is 1. The number of hydrogen-bond donors (Lipinski definition) is 2. The van der Waals surface area contributed by atoms with Crippen LogP contribution in [0.25, 0.3) is 6.08 Å². The van der Waals surface area contributed by atoms with Gasteiger partial charge in [0.25, 0.3) is 11.6 Å². The van der Waals surface area contributed by atoms with Crippen LogP contribution in [0.1, 0.15) is 21.5 Å². The highest BCUT2D eigenvalue weighted by molar-refractivity contribution is 9.10. The fraction of sp³-hybridized carbons (Fsp3) is 0.0800. The number of halogens is 1. The number of carboxylic acid groups (broad SMARTS) is 1. The minimum Gasteiger partial charge on any atom is -0.493 e. The summed E-state index contributed by atoms with van der Waals surface area (Å²) >= 11 is 3.41. The van der Waals surface area contributed by atoms with E-state index in [0.29, 0.717) is 21.5 Å². The summed E-state index contributed by atoms with van der Waals surface area (Å²) in [6.07, 6.45) is 1.34. The molecule has 2 N–H and O–H groups in total. The number of nitriles is 1. The summed E-state index contributed by atoms with van der Waals surface area (Å²) in [7, 11) is 1.43. The molecule has 0 aliphatic carbocycles. The molecule has 1 amide bonds. The number of benzene rings is 3. The van der Waals surface area contributed by atoms with E-state index in [-0.39, 0.29) is 29.1 Å². The number of hydrogen-bond acceptors (Lipinski definition) is 7. The molecule has 3 aromatic carbocycles. The predicted octanol–water partition coefficient (Wildman–Crippen LogP) is 5.19. The highest BCUT2D eigenvalue weighted by Gasteiger charge is 2.15. The summed E-state index contributed by atoms with van der Waals surface area (Å²) in [6.45, 7) is 0.138. The Morgan fingerprint density at radius 2 is 1.92 bits per heavy atom. The molecule has 182 valence electrons. The number of aromatic carboxylic acids is 1. The first-order valence-electron chi connectivity index (χ1n) is 10.2. The van der Waals surface area contributed by atoms with Crippen molar-refractivity contribution in [2.24, 2.45) is 0 Å². The average Bonchev–Trinajstić information content (AvgIpc) is 2.86. The second-order valence-corrected chi connectivity index (χ2v) is 8.11. The van der Waals surface area contributed by atoms with E-state index in [2.05, 4.69) is 21.2 Å². The third-order valence-corrected chi connectivity index (χ3v) is 5.42. The van der Waals surface area contributed by atoms with Gasteiger partial charge >= 0.3 is 5.97 Å². The summed E-state index contributed by atoms with van der Waals surface area (Å²) in [6, 6.07) is 16.6. The molecule has 0 radical (unpaired) electrons. The second kappa shape index (κ2) is 11.6. The van der Waals surface area contributed by atoms with E-state index >= 15 is 0 Å². The van der Waals surface area contributed by atoms with Crippen LogP contribution in [0.5, 0.6) is 11.5 Å². The molecule has 0 saturated heterocycles. The van der Waals surface area contributed by atoms with Crippen LogP contribution < -0.4 is 14.8 Å². The van der Waals surface area contributed by atoms with Gasteiger partial charge in [-0.05, 0) is 63.5 Å². The van der Waals surface area contributed by atoms with Crippen LogP contribution in [0, 0.1) is 21.4 Å². The van der Waals surface area contributed by atoms with Gasteiger partial charge in [0.05, 0.1) is 22.1 Å². The maximum Gasteiger partial charge on any atom is 0.335 e. The lowest BCUT2D eigenvalue weighted by molar-refractivity contribution is -0.384. The number of nitro groups is 1. The van der Waals surface area contributed by atoms with Gasteiger partial charge in [0.1, 0.15) is 18.2 Å². The lowest BCUT2D eigenvalue weighted by Gasteiger charge is -2.14. The van der Waals surface area contributed by atoms with E-state index in [4.69, 9.17) is 14.6 Å². The van der Waals surface area contributed by atoms with Gasteiger partial charge in [-0.1, -0.05) is 18.2 Å². The normalized spacial score (nSPS) is 10.8. The average molecular weight is 552 g/mol. The minimum absolute atomic E-state index is 0.138. The highest BCUT2D eigenvalue weighted by atomic mass is 79.9. The van der Waals surface area contributed by atoms with Gasteiger partial charge < -0.3 is 19.9 Å². The number of nitro benzene ring substituents is 1. The number of non-ortho nitro benzene ring substituents is 1. The Morgan fingerprint density at radius 1 is 1.19 bits per heavy atom. The van der Waals surface area contributed by atoms with E-state index in [1.807, 2.05) is 6.07 Å². The molecule has 3 aromatic rings. The number of rotatable bonds is 9. The van der Waals surface area contributed by atoms with E-state index in [0.717, 1.165) is 5.56 Å². The van der Waals surface area contributed by atoms with Crippen molar-refractivity contribution in [1.29, 1.82) is 5.26 Å². The van der Waals surface area contributed by atoms with Crippen LogP contribution in [-0.4, -0.2) is 29.0 Å². The fourth-order valence-electron chi connectivity index (χ4n) is 3.07. The number of carbonyl (C=O) groups is 2. The number of methoxy groups -OCH3 is 1.